The Kier molecular flexibility index (Phi) is 3.77. The molecular weight excluding hydrogens is 184 g/mol. The second-order valence-corrected chi connectivity index (χ2v) is 6.56. The van der Waals surface area contributed by atoms with Crippen LogP contribution in [-0.4, -0.2) is 19.4 Å². The molecule has 13 heavy (non-hydrogen) atoms. The summed E-state index contributed by atoms with van der Waals surface area (Å²) >= 11 is 0. The second kappa shape index (κ2) is 4.45. The van der Waals surface area contributed by atoms with Gasteiger partial charge in [0.25, 0.3) is 0 Å². The van der Waals surface area contributed by atoms with E-state index in [-0.39, 0.29) is 11.0 Å². The van der Waals surface area contributed by atoms with E-state index in [1.807, 2.05) is 13.8 Å². The molecule has 0 spiro atoms. The Bertz CT molecular complexity index is 236. The van der Waals surface area contributed by atoms with Crippen molar-refractivity contribution in [1.29, 1.82) is 0 Å². The zero-order valence-electron chi connectivity index (χ0n) is 8.54. The first kappa shape index (κ1) is 11.0. The highest BCUT2D eigenvalue weighted by Crippen LogP contribution is 2.25. The molecule has 1 saturated carbocycles. The van der Waals surface area contributed by atoms with E-state index in [2.05, 4.69) is 0 Å². The van der Waals surface area contributed by atoms with Crippen molar-refractivity contribution in [3.63, 3.8) is 0 Å². The lowest BCUT2D eigenvalue weighted by Crippen LogP contribution is -2.27. The molecule has 0 atom stereocenters. The molecule has 0 unspecified atom stereocenters. The van der Waals surface area contributed by atoms with Crippen LogP contribution in [0.2, 0.25) is 0 Å². The molecule has 0 aromatic carbocycles. The van der Waals surface area contributed by atoms with Crippen LogP contribution in [0.4, 0.5) is 0 Å². The highest BCUT2D eigenvalue weighted by molar-refractivity contribution is 7.92. The maximum absolute atomic E-state index is 11.8. The van der Waals surface area contributed by atoms with E-state index in [1.165, 1.54) is 6.42 Å². The van der Waals surface area contributed by atoms with Crippen molar-refractivity contribution in [2.45, 2.75) is 51.2 Å². The molecule has 0 aliphatic heterocycles. The highest BCUT2D eigenvalue weighted by atomic mass is 32.2. The van der Waals surface area contributed by atoms with Gasteiger partial charge in [0.05, 0.1) is 11.0 Å². The van der Waals surface area contributed by atoms with Gasteiger partial charge >= 0.3 is 0 Å². The molecule has 0 aromatic heterocycles. The van der Waals surface area contributed by atoms with Crippen LogP contribution in [0.5, 0.6) is 0 Å². The summed E-state index contributed by atoms with van der Waals surface area (Å²) in [5.74, 6) is 1.29. The Labute approximate surface area is 81.6 Å². The third-order valence-electron chi connectivity index (χ3n) is 2.55. The van der Waals surface area contributed by atoms with E-state index in [1.54, 1.807) is 0 Å². The molecule has 0 N–H and O–H groups in total. The summed E-state index contributed by atoms with van der Waals surface area (Å²) in [5, 5.41) is -0.0452. The minimum Gasteiger partial charge on any atom is -0.229 e. The van der Waals surface area contributed by atoms with Gasteiger partial charge in [-0.2, -0.15) is 0 Å². The fourth-order valence-electron chi connectivity index (χ4n) is 1.94. The average molecular weight is 203 g/mol. The van der Waals surface area contributed by atoms with Crippen molar-refractivity contribution in [2.75, 3.05) is 5.75 Å². The molecule has 0 amide bonds. The highest BCUT2D eigenvalue weighted by Gasteiger charge is 2.27. The summed E-state index contributed by atoms with van der Waals surface area (Å²) in [5.41, 5.74) is 0. The van der Waals surface area contributed by atoms with E-state index < -0.39 is 9.84 Å². The van der Waals surface area contributed by atoms with Crippen molar-refractivity contribution >= 4 is 9.84 Å². The van der Waals surface area contributed by atoms with Gasteiger partial charge in [-0.3, -0.25) is 0 Å². The molecule has 0 aromatic rings. The normalized spacial score (nSPS) is 20.8. The second-order valence-electron chi connectivity index (χ2n) is 4.27. The first-order valence-electron chi connectivity index (χ1n) is 5.03. The summed E-state index contributed by atoms with van der Waals surface area (Å²) in [7, 11) is -2.82. The molecule has 0 heterocycles. The standard InChI is InChI=1S/C10H19O2S/c1-9(2)8-13(11,12)10-6-4-3-5-7-10/h10H,3-8H2,1-2H3. The van der Waals surface area contributed by atoms with Crippen molar-refractivity contribution in [3.05, 3.63) is 5.92 Å². The topological polar surface area (TPSA) is 34.1 Å². The number of rotatable bonds is 3. The molecule has 77 valence electrons. The van der Waals surface area contributed by atoms with E-state index in [0.717, 1.165) is 31.6 Å². The van der Waals surface area contributed by atoms with Crippen LogP contribution in [0, 0.1) is 5.92 Å². The predicted molar refractivity (Wildman–Crippen MR) is 55.3 cm³/mol. The monoisotopic (exact) mass is 203 g/mol. The maximum Gasteiger partial charge on any atom is 0.153 e. The number of sulfone groups is 1. The Morgan fingerprint density at radius 2 is 1.69 bits per heavy atom. The van der Waals surface area contributed by atoms with Crippen LogP contribution in [0.1, 0.15) is 46.0 Å². The van der Waals surface area contributed by atoms with Gasteiger partial charge in [0.1, 0.15) is 0 Å². The van der Waals surface area contributed by atoms with E-state index in [0.29, 0.717) is 0 Å². The van der Waals surface area contributed by atoms with Crippen LogP contribution in [0.15, 0.2) is 0 Å². The van der Waals surface area contributed by atoms with Gasteiger partial charge in [0.15, 0.2) is 9.84 Å². The minimum absolute atomic E-state index is 0.0452. The van der Waals surface area contributed by atoms with E-state index in [9.17, 15) is 8.42 Å². The molecule has 1 aliphatic rings. The molecule has 0 saturated heterocycles. The molecule has 2 nitrogen and oxygen atoms in total. The van der Waals surface area contributed by atoms with E-state index >= 15 is 0 Å². The minimum atomic E-state index is -2.82. The Morgan fingerprint density at radius 1 is 1.15 bits per heavy atom. The summed E-state index contributed by atoms with van der Waals surface area (Å²) in [6.07, 6.45) is 5.16. The zero-order valence-corrected chi connectivity index (χ0v) is 9.36. The SMILES string of the molecule is C[C](C)CS(=O)(=O)C1CCCCC1. The van der Waals surface area contributed by atoms with Crippen LogP contribution < -0.4 is 0 Å². The lowest BCUT2D eigenvalue weighted by Gasteiger charge is -2.22. The van der Waals surface area contributed by atoms with Crippen molar-refractivity contribution < 1.29 is 8.42 Å². The molecular formula is C10H19O2S. The van der Waals surface area contributed by atoms with Crippen molar-refractivity contribution in [2.24, 2.45) is 0 Å². The molecule has 1 aliphatic carbocycles. The van der Waals surface area contributed by atoms with Crippen LogP contribution in [0.25, 0.3) is 0 Å². The lowest BCUT2D eigenvalue weighted by atomic mass is 10.0. The van der Waals surface area contributed by atoms with Gasteiger partial charge < -0.3 is 0 Å². The average Bonchev–Trinajstić information content (AvgIpc) is 2.04. The van der Waals surface area contributed by atoms with Crippen LogP contribution in [0.3, 0.4) is 0 Å². The lowest BCUT2D eigenvalue weighted by molar-refractivity contribution is 0.484. The molecule has 3 heteroatoms. The summed E-state index contributed by atoms with van der Waals surface area (Å²) in [6, 6.07) is 0. The van der Waals surface area contributed by atoms with Crippen molar-refractivity contribution in [3.8, 4) is 0 Å². The largest absolute Gasteiger partial charge is 0.229 e. The smallest absolute Gasteiger partial charge is 0.153 e. The van der Waals surface area contributed by atoms with E-state index in [4.69, 9.17) is 0 Å². The first-order valence-corrected chi connectivity index (χ1v) is 6.74. The summed E-state index contributed by atoms with van der Waals surface area (Å²) < 4.78 is 23.6. The van der Waals surface area contributed by atoms with Gasteiger partial charge in [-0.25, -0.2) is 8.42 Å². The van der Waals surface area contributed by atoms with Crippen LogP contribution in [-0.2, 0) is 9.84 Å². The third-order valence-corrected chi connectivity index (χ3v) is 5.02. The van der Waals surface area contributed by atoms with Crippen molar-refractivity contribution in [1.82, 2.24) is 0 Å². The van der Waals surface area contributed by atoms with Gasteiger partial charge in [0, 0.05) is 0 Å². The summed E-state index contributed by atoms with van der Waals surface area (Å²) in [6.45, 7) is 3.78. The maximum atomic E-state index is 11.8. The Hall–Kier alpha value is -0.0500. The predicted octanol–water partition coefficient (Wildman–Crippen LogP) is 2.35. The fraction of sp³-hybridized carbons (Fsp3) is 0.900. The Morgan fingerprint density at radius 3 is 2.15 bits per heavy atom. The molecule has 1 rings (SSSR count). The van der Waals surface area contributed by atoms with Gasteiger partial charge in [-0.15, -0.1) is 0 Å². The molecule has 1 radical (unpaired) electrons. The Balaban J connectivity index is 2.57. The number of hydrogen-bond donors (Lipinski definition) is 0. The summed E-state index contributed by atoms with van der Waals surface area (Å²) in [4.78, 5) is 0. The van der Waals surface area contributed by atoms with Gasteiger partial charge in [0.2, 0.25) is 0 Å². The zero-order chi connectivity index (χ0) is 9.90. The third kappa shape index (κ3) is 3.29. The number of hydrogen-bond acceptors (Lipinski definition) is 2. The molecule has 1 fully saturated rings. The molecule has 0 bridgehead atoms. The quantitative estimate of drug-likeness (QED) is 0.705. The van der Waals surface area contributed by atoms with Gasteiger partial charge in [-0.05, 0) is 18.8 Å². The van der Waals surface area contributed by atoms with Gasteiger partial charge in [-0.1, -0.05) is 33.1 Å². The first-order chi connectivity index (χ1) is 6.02. The fourth-order valence-corrected chi connectivity index (χ4v) is 4.04. The van der Waals surface area contributed by atoms with Crippen LogP contribution >= 0.6 is 0 Å².